The van der Waals surface area contributed by atoms with E-state index in [1.807, 2.05) is 16.3 Å². The van der Waals surface area contributed by atoms with Crippen molar-refractivity contribution in [3.63, 3.8) is 0 Å². The molecule has 2 aliphatic rings. The lowest BCUT2D eigenvalue weighted by Gasteiger charge is -2.25. The highest BCUT2D eigenvalue weighted by Crippen LogP contribution is 2.40. The molecule has 0 radical (unpaired) electrons. The first-order valence-electron chi connectivity index (χ1n) is 8.37. The number of anilines is 1. The summed E-state index contributed by atoms with van der Waals surface area (Å²) >= 11 is 1.51. The van der Waals surface area contributed by atoms with E-state index in [1.165, 1.54) is 29.0 Å². The zero-order valence-electron chi connectivity index (χ0n) is 13.5. The fourth-order valence-electron chi connectivity index (χ4n) is 3.79. The van der Waals surface area contributed by atoms with E-state index >= 15 is 0 Å². The number of hydrogen-bond acceptors (Lipinski definition) is 3. The van der Waals surface area contributed by atoms with E-state index in [9.17, 15) is 9.18 Å². The minimum absolute atomic E-state index is 0.201. The van der Waals surface area contributed by atoms with Crippen LogP contribution in [0.5, 0.6) is 0 Å². The molecule has 0 saturated heterocycles. The average Bonchev–Trinajstić information content (AvgIpc) is 3.22. The van der Waals surface area contributed by atoms with Crippen LogP contribution in [0.2, 0.25) is 0 Å². The number of halogens is 1. The molecule has 0 N–H and O–H groups in total. The molecule has 0 spiro atoms. The van der Waals surface area contributed by atoms with Gasteiger partial charge in [-0.1, -0.05) is 12.1 Å². The number of aryl methyl sites for hydroxylation is 1. The molecule has 1 amide bonds. The van der Waals surface area contributed by atoms with Gasteiger partial charge in [-0.05, 0) is 48.2 Å². The summed E-state index contributed by atoms with van der Waals surface area (Å²) in [4.78, 5) is 18.8. The predicted octanol–water partition coefficient (Wildman–Crippen LogP) is 4.45. The lowest BCUT2D eigenvalue weighted by atomic mass is 9.96. The highest BCUT2D eigenvalue weighted by atomic mass is 32.1. The first kappa shape index (κ1) is 14.8. The molecule has 0 fully saturated rings. The average molecular weight is 350 g/mol. The van der Waals surface area contributed by atoms with Gasteiger partial charge in [0.2, 0.25) is 5.91 Å². The number of hydrogen-bond donors (Lipinski definition) is 0. The Morgan fingerprint density at radius 3 is 2.88 bits per heavy atom. The van der Waals surface area contributed by atoms with Crippen molar-refractivity contribution in [1.29, 1.82) is 0 Å². The standard InChI is InChI=1S/C20H15FN2OS/c21-16-5-1-3-13(9-16)20-22-17(11-25-20)14-7-12-4-2-6-23-18(24)10-15(8-14)19(12)23/h1,3,5,7-9,11H,2,4,6,10H2. The van der Waals surface area contributed by atoms with E-state index < -0.39 is 0 Å². The van der Waals surface area contributed by atoms with E-state index in [0.717, 1.165) is 52.5 Å². The highest BCUT2D eigenvalue weighted by Gasteiger charge is 2.32. The van der Waals surface area contributed by atoms with Gasteiger partial charge in [0, 0.05) is 23.1 Å². The molecule has 2 aliphatic heterocycles. The quantitative estimate of drug-likeness (QED) is 0.684. The van der Waals surface area contributed by atoms with Gasteiger partial charge in [0.05, 0.1) is 17.8 Å². The molecule has 3 nitrogen and oxygen atoms in total. The third kappa shape index (κ3) is 2.38. The van der Waals surface area contributed by atoms with Gasteiger partial charge >= 0.3 is 0 Å². The normalized spacial score (nSPS) is 15.6. The van der Waals surface area contributed by atoms with Crippen molar-refractivity contribution in [2.75, 3.05) is 11.4 Å². The third-order valence-corrected chi connectivity index (χ3v) is 5.77. The minimum Gasteiger partial charge on any atom is -0.312 e. The maximum Gasteiger partial charge on any atom is 0.231 e. The second-order valence-corrected chi connectivity index (χ2v) is 7.38. The maximum atomic E-state index is 13.5. The van der Waals surface area contributed by atoms with Gasteiger partial charge in [0.1, 0.15) is 10.8 Å². The van der Waals surface area contributed by atoms with Crippen molar-refractivity contribution in [3.05, 3.63) is 58.7 Å². The number of carbonyl (C=O) groups is 1. The molecule has 1 aromatic heterocycles. The number of aromatic nitrogens is 1. The van der Waals surface area contributed by atoms with Crippen LogP contribution < -0.4 is 4.90 Å². The fourth-order valence-corrected chi connectivity index (χ4v) is 4.61. The van der Waals surface area contributed by atoms with E-state index in [2.05, 4.69) is 12.1 Å². The first-order valence-corrected chi connectivity index (χ1v) is 9.25. The van der Waals surface area contributed by atoms with Crippen LogP contribution in [0.4, 0.5) is 10.1 Å². The minimum atomic E-state index is -0.255. The third-order valence-electron chi connectivity index (χ3n) is 4.88. The Morgan fingerprint density at radius 1 is 1.12 bits per heavy atom. The summed E-state index contributed by atoms with van der Waals surface area (Å²) in [5.74, 6) is -0.0540. The first-order chi connectivity index (χ1) is 12.2. The maximum absolute atomic E-state index is 13.5. The second kappa shape index (κ2) is 5.49. The van der Waals surface area contributed by atoms with Crippen molar-refractivity contribution in [3.8, 4) is 21.8 Å². The Balaban J connectivity index is 1.57. The van der Waals surface area contributed by atoms with E-state index in [-0.39, 0.29) is 11.7 Å². The van der Waals surface area contributed by atoms with Crippen molar-refractivity contribution in [2.45, 2.75) is 19.3 Å². The topological polar surface area (TPSA) is 33.2 Å². The monoisotopic (exact) mass is 350 g/mol. The molecular formula is C20H15FN2OS. The summed E-state index contributed by atoms with van der Waals surface area (Å²) in [6, 6.07) is 10.8. The molecule has 3 aromatic rings. The van der Waals surface area contributed by atoms with Crippen LogP contribution in [-0.4, -0.2) is 17.4 Å². The van der Waals surface area contributed by atoms with Gasteiger partial charge in [-0.15, -0.1) is 11.3 Å². The van der Waals surface area contributed by atoms with Crippen LogP contribution in [0.1, 0.15) is 17.5 Å². The predicted molar refractivity (Wildman–Crippen MR) is 97.3 cm³/mol. The Morgan fingerprint density at radius 2 is 2.00 bits per heavy atom. The fraction of sp³-hybridized carbons (Fsp3) is 0.200. The zero-order valence-corrected chi connectivity index (χ0v) is 14.3. The highest BCUT2D eigenvalue weighted by molar-refractivity contribution is 7.13. The molecule has 2 aromatic carbocycles. The molecule has 5 heteroatoms. The Bertz CT molecular complexity index is 1010. The number of carbonyl (C=O) groups excluding carboxylic acids is 1. The van der Waals surface area contributed by atoms with Gasteiger partial charge in [0.25, 0.3) is 0 Å². The lowest BCUT2D eigenvalue weighted by molar-refractivity contribution is -0.117. The van der Waals surface area contributed by atoms with E-state index in [4.69, 9.17) is 4.98 Å². The molecule has 0 saturated carbocycles. The van der Waals surface area contributed by atoms with E-state index in [0.29, 0.717) is 6.42 Å². The zero-order chi connectivity index (χ0) is 17.0. The van der Waals surface area contributed by atoms with E-state index in [1.54, 1.807) is 6.07 Å². The molecule has 124 valence electrons. The summed E-state index contributed by atoms with van der Waals surface area (Å²) < 4.78 is 13.5. The van der Waals surface area contributed by atoms with Crippen LogP contribution in [0.15, 0.2) is 41.8 Å². The summed E-state index contributed by atoms with van der Waals surface area (Å²) in [7, 11) is 0. The number of rotatable bonds is 2. The lowest BCUT2D eigenvalue weighted by Crippen LogP contribution is -2.31. The second-order valence-electron chi connectivity index (χ2n) is 6.52. The molecule has 5 rings (SSSR count). The molecule has 0 atom stereocenters. The molecule has 3 heterocycles. The summed E-state index contributed by atoms with van der Waals surface area (Å²) in [5, 5.41) is 2.81. The van der Waals surface area contributed by atoms with Gasteiger partial charge in [-0.25, -0.2) is 9.37 Å². The molecule has 0 unspecified atom stereocenters. The SMILES string of the molecule is O=C1Cc2cc(-c3csc(-c4cccc(F)c4)n3)cc3c2N1CCC3. The number of thiazole rings is 1. The van der Waals surface area contributed by atoms with Crippen molar-refractivity contribution < 1.29 is 9.18 Å². The Hall–Kier alpha value is -2.53. The van der Waals surface area contributed by atoms with Crippen LogP contribution in [0.25, 0.3) is 21.8 Å². The summed E-state index contributed by atoms with van der Waals surface area (Å²) in [5.41, 5.74) is 6.20. The van der Waals surface area contributed by atoms with Crippen LogP contribution in [-0.2, 0) is 17.6 Å². The van der Waals surface area contributed by atoms with Crippen LogP contribution in [0, 0.1) is 5.82 Å². The number of nitrogens with zero attached hydrogens (tertiary/aromatic N) is 2. The van der Waals surface area contributed by atoms with Crippen molar-refractivity contribution in [1.82, 2.24) is 4.98 Å². The smallest absolute Gasteiger partial charge is 0.231 e. The summed E-state index contributed by atoms with van der Waals surface area (Å²) in [6.07, 6.45) is 2.49. The number of amides is 1. The van der Waals surface area contributed by atoms with Crippen molar-refractivity contribution in [2.24, 2.45) is 0 Å². The van der Waals surface area contributed by atoms with Crippen LogP contribution >= 0.6 is 11.3 Å². The van der Waals surface area contributed by atoms with Crippen LogP contribution in [0.3, 0.4) is 0 Å². The summed E-state index contributed by atoms with van der Waals surface area (Å²) in [6.45, 7) is 0.832. The molecule has 0 bridgehead atoms. The van der Waals surface area contributed by atoms with Gasteiger partial charge < -0.3 is 4.90 Å². The van der Waals surface area contributed by atoms with Crippen molar-refractivity contribution >= 4 is 22.9 Å². The largest absolute Gasteiger partial charge is 0.312 e. The molecule has 25 heavy (non-hydrogen) atoms. The Labute approximate surface area is 148 Å². The molecule has 0 aliphatic carbocycles. The Kier molecular flexibility index (Phi) is 3.25. The van der Waals surface area contributed by atoms with Gasteiger partial charge in [0.15, 0.2) is 0 Å². The molecular weight excluding hydrogens is 335 g/mol. The number of benzene rings is 2. The van der Waals surface area contributed by atoms with Gasteiger partial charge in [-0.2, -0.15) is 0 Å². The van der Waals surface area contributed by atoms with Gasteiger partial charge in [-0.3, -0.25) is 4.79 Å².